The number of hydrogen-bond acceptors (Lipinski definition) is 0. The highest BCUT2D eigenvalue weighted by Crippen LogP contribution is 2.52. The fourth-order valence-electron chi connectivity index (χ4n) is 3.88. The highest BCUT2D eigenvalue weighted by molar-refractivity contribution is 4.93. The van der Waals surface area contributed by atoms with Gasteiger partial charge < -0.3 is 0 Å². The lowest BCUT2D eigenvalue weighted by atomic mass is 9.57. The van der Waals surface area contributed by atoms with Crippen LogP contribution in [0.5, 0.6) is 0 Å². The van der Waals surface area contributed by atoms with Gasteiger partial charge in [-0.3, -0.25) is 0 Å². The van der Waals surface area contributed by atoms with E-state index in [1.165, 1.54) is 25.7 Å². The zero-order valence-corrected chi connectivity index (χ0v) is 9.26. The third-order valence-electron chi connectivity index (χ3n) is 4.69. The van der Waals surface area contributed by atoms with Crippen molar-refractivity contribution in [2.45, 2.75) is 58.8 Å². The molecule has 0 unspecified atom stereocenters. The van der Waals surface area contributed by atoms with Crippen LogP contribution in [-0.4, -0.2) is 0 Å². The van der Waals surface area contributed by atoms with Crippen LogP contribution in [0.3, 0.4) is 0 Å². The summed E-state index contributed by atoms with van der Waals surface area (Å²) in [6, 6.07) is 0. The molecule has 0 aromatic heterocycles. The van der Waals surface area contributed by atoms with Crippen molar-refractivity contribution in [2.75, 3.05) is 0 Å². The van der Waals surface area contributed by atoms with Crippen LogP contribution in [0.4, 0.5) is 0 Å². The SMILES string of the molecule is CC[C@@H]1C[C@@H](CC)C1C1CCCC1. The van der Waals surface area contributed by atoms with Crippen molar-refractivity contribution in [3.05, 3.63) is 0 Å². The Morgan fingerprint density at radius 2 is 1.46 bits per heavy atom. The Hall–Kier alpha value is 0. The molecule has 0 amide bonds. The van der Waals surface area contributed by atoms with Crippen LogP contribution < -0.4 is 0 Å². The molecule has 0 bridgehead atoms. The molecule has 0 radical (unpaired) electrons. The van der Waals surface area contributed by atoms with E-state index >= 15 is 0 Å². The maximum Gasteiger partial charge on any atom is -0.0329 e. The van der Waals surface area contributed by atoms with E-state index in [0.29, 0.717) is 0 Å². The van der Waals surface area contributed by atoms with Crippen molar-refractivity contribution in [3.8, 4) is 0 Å². The minimum Gasteiger partial charge on any atom is -0.0651 e. The Morgan fingerprint density at radius 3 is 1.92 bits per heavy atom. The molecule has 0 saturated heterocycles. The van der Waals surface area contributed by atoms with Gasteiger partial charge in [0, 0.05) is 0 Å². The van der Waals surface area contributed by atoms with Crippen LogP contribution in [-0.2, 0) is 0 Å². The summed E-state index contributed by atoms with van der Waals surface area (Å²) in [7, 11) is 0. The number of hydrogen-bond donors (Lipinski definition) is 0. The van der Waals surface area contributed by atoms with Gasteiger partial charge in [-0.2, -0.15) is 0 Å². The van der Waals surface area contributed by atoms with Crippen LogP contribution in [0.1, 0.15) is 58.8 Å². The lowest BCUT2D eigenvalue weighted by Crippen LogP contribution is -2.40. The highest BCUT2D eigenvalue weighted by Gasteiger charge is 2.43. The second kappa shape index (κ2) is 4.02. The standard InChI is InChI=1S/C13H24/c1-3-10-9-11(4-2)13(10)12-7-5-6-8-12/h10-13H,3-9H2,1-2H3/t10-,11-/m1/s1. The van der Waals surface area contributed by atoms with Gasteiger partial charge in [0.2, 0.25) is 0 Å². The van der Waals surface area contributed by atoms with Gasteiger partial charge in [0.15, 0.2) is 0 Å². The van der Waals surface area contributed by atoms with Crippen LogP contribution in [0.25, 0.3) is 0 Å². The fraction of sp³-hybridized carbons (Fsp3) is 1.00. The third kappa shape index (κ3) is 1.65. The van der Waals surface area contributed by atoms with Gasteiger partial charge in [-0.05, 0) is 30.1 Å². The maximum atomic E-state index is 2.39. The minimum atomic E-state index is 1.10. The molecular formula is C13H24. The van der Waals surface area contributed by atoms with E-state index in [2.05, 4.69) is 13.8 Å². The van der Waals surface area contributed by atoms with Gasteiger partial charge in [-0.15, -0.1) is 0 Å². The van der Waals surface area contributed by atoms with Gasteiger partial charge in [-0.1, -0.05) is 52.4 Å². The lowest BCUT2D eigenvalue weighted by Gasteiger charge is -2.48. The molecule has 2 saturated carbocycles. The molecule has 0 heteroatoms. The van der Waals surface area contributed by atoms with Gasteiger partial charge >= 0.3 is 0 Å². The fourth-order valence-corrected chi connectivity index (χ4v) is 3.88. The first kappa shape index (κ1) is 9.55. The Bertz CT molecular complexity index is 145. The summed E-state index contributed by atoms with van der Waals surface area (Å²) >= 11 is 0. The van der Waals surface area contributed by atoms with Crippen LogP contribution in [0.15, 0.2) is 0 Å². The monoisotopic (exact) mass is 180 g/mol. The average molecular weight is 180 g/mol. The van der Waals surface area contributed by atoms with E-state index in [9.17, 15) is 0 Å². The Kier molecular flexibility index (Phi) is 2.96. The third-order valence-corrected chi connectivity index (χ3v) is 4.69. The van der Waals surface area contributed by atoms with Crippen LogP contribution in [0.2, 0.25) is 0 Å². The zero-order valence-electron chi connectivity index (χ0n) is 9.26. The van der Waals surface area contributed by atoms with E-state index in [4.69, 9.17) is 0 Å². The quantitative estimate of drug-likeness (QED) is 0.609. The molecule has 0 aromatic rings. The summed E-state index contributed by atoms with van der Waals surface area (Å²) < 4.78 is 0. The van der Waals surface area contributed by atoms with Gasteiger partial charge in [0.1, 0.15) is 0 Å². The smallest absolute Gasteiger partial charge is 0.0329 e. The molecule has 0 N–H and O–H groups in total. The summed E-state index contributed by atoms with van der Waals surface area (Å²) in [4.78, 5) is 0. The van der Waals surface area contributed by atoms with E-state index in [0.717, 1.165) is 23.7 Å². The molecule has 0 aromatic carbocycles. The summed E-state index contributed by atoms with van der Waals surface area (Å²) in [6.45, 7) is 4.77. The summed E-state index contributed by atoms with van der Waals surface area (Å²) in [6.07, 6.45) is 10.6. The molecule has 76 valence electrons. The molecule has 0 nitrogen and oxygen atoms in total. The molecule has 2 atom stereocenters. The highest BCUT2D eigenvalue weighted by atomic mass is 14.5. The molecule has 13 heavy (non-hydrogen) atoms. The second-order valence-electron chi connectivity index (χ2n) is 5.19. The molecule has 2 aliphatic carbocycles. The lowest BCUT2D eigenvalue weighted by molar-refractivity contribution is 0.0148. The largest absolute Gasteiger partial charge is 0.0651 e. The maximum absolute atomic E-state index is 2.39. The van der Waals surface area contributed by atoms with Crippen LogP contribution >= 0.6 is 0 Å². The average Bonchev–Trinajstić information content (AvgIpc) is 2.57. The molecule has 2 rings (SSSR count). The first-order valence-electron chi connectivity index (χ1n) is 6.36. The Morgan fingerprint density at radius 1 is 0.923 bits per heavy atom. The van der Waals surface area contributed by atoms with Crippen LogP contribution in [0, 0.1) is 23.7 Å². The van der Waals surface area contributed by atoms with Crippen molar-refractivity contribution in [2.24, 2.45) is 23.7 Å². The van der Waals surface area contributed by atoms with Crippen molar-refractivity contribution in [1.29, 1.82) is 0 Å². The molecule has 2 aliphatic rings. The van der Waals surface area contributed by atoms with E-state index in [-0.39, 0.29) is 0 Å². The predicted molar refractivity (Wildman–Crippen MR) is 57.6 cm³/mol. The van der Waals surface area contributed by atoms with Crippen molar-refractivity contribution in [1.82, 2.24) is 0 Å². The topological polar surface area (TPSA) is 0 Å². The molecule has 2 fully saturated rings. The Balaban J connectivity index is 1.92. The first-order chi connectivity index (χ1) is 6.36. The molecule has 0 heterocycles. The molecule has 0 spiro atoms. The molecule has 0 aliphatic heterocycles. The second-order valence-corrected chi connectivity index (χ2v) is 5.19. The summed E-state index contributed by atoms with van der Waals surface area (Å²) in [5.74, 6) is 4.47. The first-order valence-corrected chi connectivity index (χ1v) is 6.36. The summed E-state index contributed by atoms with van der Waals surface area (Å²) in [5.41, 5.74) is 0. The van der Waals surface area contributed by atoms with Crippen molar-refractivity contribution < 1.29 is 0 Å². The Labute approximate surface area is 83.1 Å². The van der Waals surface area contributed by atoms with E-state index in [1.807, 2.05) is 0 Å². The zero-order chi connectivity index (χ0) is 9.26. The van der Waals surface area contributed by atoms with Crippen molar-refractivity contribution >= 4 is 0 Å². The van der Waals surface area contributed by atoms with E-state index in [1.54, 1.807) is 19.3 Å². The predicted octanol–water partition coefficient (Wildman–Crippen LogP) is 4.25. The summed E-state index contributed by atoms with van der Waals surface area (Å²) in [5, 5.41) is 0. The molecular weight excluding hydrogens is 156 g/mol. The minimum absolute atomic E-state index is 1.10. The van der Waals surface area contributed by atoms with E-state index < -0.39 is 0 Å². The normalized spacial score (nSPS) is 36.5. The van der Waals surface area contributed by atoms with Gasteiger partial charge in [0.05, 0.1) is 0 Å². The van der Waals surface area contributed by atoms with Gasteiger partial charge in [0.25, 0.3) is 0 Å². The van der Waals surface area contributed by atoms with Crippen molar-refractivity contribution in [3.63, 3.8) is 0 Å². The number of rotatable bonds is 3. The van der Waals surface area contributed by atoms with Gasteiger partial charge in [-0.25, -0.2) is 0 Å².